The highest BCUT2D eigenvalue weighted by Crippen LogP contribution is 2.29. The van der Waals surface area contributed by atoms with Crippen LogP contribution in [0.2, 0.25) is 0 Å². The molecule has 6 heteroatoms. The van der Waals surface area contributed by atoms with Crippen LogP contribution in [-0.4, -0.2) is 10.8 Å². The fourth-order valence-electron chi connectivity index (χ4n) is 1.31. The number of hydrogen-bond donors (Lipinski definition) is 2. The molecule has 0 radical (unpaired) electrons. The number of carbonyl (C=O) groups excluding carboxylic acids is 1. The molecule has 0 fully saturated rings. The highest BCUT2D eigenvalue weighted by atomic mass is 16.6. The Balaban J connectivity index is 3.59. The molecule has 0 saturated carbocycles. The molecule has 1 rings (SSSR count). The molecule has 0 heterocycles. The van der Waals surface area contributed by atoms with Gasteiger partial charge in [0.2, 0.25) is 0 Å². The van der Waals surface area contributed by atoms with Crippen molar-refractivity contribution >= 4 is 17.3 Å². The molecule has 80 valence electrons. The van der Waals surface area contributed by atoms with Crippen LogP contribution < -0.4 is 11.5 Å². The molecular formula is C9H11N3O3. The van der Waals surface area contributed by atoms with E-state index in [-0.39, 0.29) is 16.9 Å². The molecule has 6 nitrogen and oxygen atoms in total. The van der Waals surface area contributed by atoms with Crippen LogP contribution in [0.15, 0.2) is 6.07 Å². The van der Waals surface area contributed by atoms with Crippen molar-refractivity contribution in [1.82, 2.24) is 0 Å². The number of rotatable bonds is 2. The monoisotopic (exact) mass is 209 g/mol. The third kappa shape index (κ3) is 1.74. The van der Waals surface area contributed by atoms with E-state index in [2.05, 4.69) is 0 Å². The van der Waals surface area contributed by atoms with Crippen molar-refractivity contribution in [3.05, 3.63) is 32.9 Å². The van der Waals surface area contributed by atoms with Crippen molar-refractivity contribution in [3.8, 4) is 0 Å². The molecule has 0 aromatic heterocycles. The average molecular weight is 209 g/mol. The fourth-order valence-corrected chi connectivity index (χ4v) is 1.31. The first-order chi connectivity index (χ1) is 6.86. The first-order valence-electron chi connectivity index (χ1n) is 4.20. The van der Waals surface area contributed by atoms with Crippen molar-refractivity contribution in [1.29, 1.82) is 0 Å². The maximum Gasteiger partial charge on any atom is 0.273 e. The van der Waals surface area contributed by atoms with Crippen LogP contribution in [0.3, 0.4) is 0 Å². The van der Waals surface area contributed by atoms with Crippen LogP contribution in [0.4, 0.5) is 11.4 Å². The zero-order valence-corrected chi connectivity index (χ0v) is 8.40. The van der Waals surface area contributed by atoms with E-state index in [0.29, 0.717) is 11.1 Å². The summed E-state index contributed by atoms with van der Waals surface area (Å²) in [6, 6.07) is 1.11. The van der Waals surface area contributed by atoms with Crippen molar-refractivity contribution in [2.24, 2.45) is 5.73 Å². The number of carbonyl (C=O) groups is 1. The molecule has 15 heavy (non-hydrogen) atoms. The standard InChI is InChI=1S/C9H11N3O3/c1-4-5(2)8(10)6(9(11)13)3-7(4)12(14)15/h3H,10H2,1-2H3,(H2,11,13). The van der Waals surface area contributed by atoms with E-state index in [4.69, 9.17) is 11.5 Å². The van der Waals surface area contributed by atoms with Crippen molar-refractivity contribution < 1.29 is 9.72 Å². The molecular weight excluding hydrogens is 198 g/mol. The molecule has 0 spiro atoms. The van der Waals surface area contributed by atoms with Gasteiger partial charge in [0.25, 0.3) is 11.6 Å². The summed E-state index contributed by atoms with van der Waals surface area (Å²) in [4.78, 5) is 21.1. The number of amides is 1. The van der Waals surface area contributed by atoms with Crippen LogP contribution in [0.1, 0.15) is 21.5 Å². The van der Waals surface area contributed by atoms with Gasteiger partial charge < -0.3 is 11.5 Å². The number of nitro benzene ring substituents is 1. The Morgan fingerprint density at radius 2 is 1.93 bits per heavy atom. The lowest BCUT2D eigenvalue weighted by atomic mass is 10.0. The molecule has 0 aliphatic rings. The topological polar surface area (TPSA) is 112 Å². The number of anilines is 1. The van der Waals surface area contributed by atoms with Gasteiger partial charge in [-0.25, -0.2) is 0 Å². The van der Waals surface area contributed by atoms with Crippen molar-refractivity contribution in [2.75, 3.05) is 5.73 Å². The van der Waals surface area contributed by atoms with Gasteiger partial charge in [-0.1, -0.05) is 0 Å². The highest BCUT2D eigenvalue weighted by Gasteiger charge is 2.20. The zero-order chi connectivity index (χ0) is 11.7. The Morgan fingerprint density at radius 1 is 1.40 bits per heavy atom. The van der Waals surface area contributed by atoms with E-state index in [0.717, 1.165) is 6.07 Å². The number of primary amides is 1. The molecule has 0 bridgehead atoms. The van der Waals surface area contributed by atoms with E-state index in [1.54, 1.807) is 13.8 Å². The second-order valence-electron chi connectivity index (χ2n) is 3.23. The van der Waals surface area contributed by atoms with Gasteiger partial charge in [-0.2, -0.15) is 0 Å². The molecule has 0 atom stereocenters. The minimum atomic E-state index is -0.765. The summed E-state index contributed by atoms with van der Waals surface area (Å²) in [6.45, 7) is 3.19. The maximum atomic E-state index is 11.0. The SMILES string of the molecule is Cc1c([N+](=O)[O-])cc(C(N)=O)c(N)c1C. The van der Waals surface area contributed by atoms with Crippen LogP contribution >= 0.6 is 0 Å². The number of nitro groups is 1. The Hall–Kier alpha value is -2.11. The molecule has 0 unspecified atom stereocenters. The van der Waals surface area contributed by atoms with Gasteiger partial charge in [0.05, 0.1) is 10.5 Å². The number of hydrogen-bond acceptors (Lipinski definition) is 4. The lowest BCUT2D eigenvalue weighted by molar-refractivity contribution is -0.385. The zero-order valence-electron chi connectivity index (χ0n) is 8.40. The number of nitrogens with two attached hydrogens (primary N) is 2. The van der Waals surface area contributed by atoms with Gasteiger partial charge >= 0.3 is 0 Å². The highest BCUT2D eigenvalue weighted by molar-refractivity contribution is 5.99. The van der Waals surface area contributed by atoms with Gasteiger partial charge in [0.1, 0.15) is 0 Å². The van der Waals surface area contributed by atoms with Crippen LogP contribution in [0, 0.1) is 24.0 Å². The second-order valence-corrected chi connectivity index (χ2v) is 3.23. The van der Waals surface area contributed by atoms with Crippen LogP contribution in [0.5, 0.6) is 0 Å². The number of benzene rings is 1. The van der Waals surface area contributed by atoms with Gasteiger partial charge in [-0.15, -0.1) is 0 Å². The average Bonchev–Trinajstić information content (AvgIpc) is 2.13. The lowest BCUT2D eigenvalue weighted by Crippen LogP contribution is -2.15. The first kappa shape index (κ1) is 11.0. The van der Waals surface area contributed by atoms with Crippen LogP contribution in [-0.2, 0) is 0 Å². The van der Waals surface area contributed by atoms with Crippen LogP contribution in [0.25, 0.3) is 0 Å². The summed E-state index contributed by atoms with van der Waals surface area (Å²) in [5.74, 6) is -0.765. The normalized spacial score (nSPS) is 10.0. The Labute approximate surface area is 86.0 Å². The van der Waals surface area contributed by atoms with E-state index in [1.165, 1.54) is 0 Å². The smallest absolute Gasteiger partial charge is 0.273 e. The third-order valence-corrected chi connectivity index (χ3v) is 2.38. The summed E-state index contributed by atoms with van der Waals surface area (Å²) >= 11 is 0. The molecule has 1 aromatic rings. The number of nitrogen functional groups attached to an aromatic ring is 1. The van der Waals surface area contributed by atoms with E-state index in [9.17, 15) is 14.9 Å². The quantitative estimate of drug-likeness (QED) is 0.427. The molecule has 0 aliphatic heterocycles. The summed E-state index contributed by atoms with van der Waals surface area (Å²) in [5.41, 5.74) is 11.7. The first-order valence-corrected chi connectivity index (χ1v) is 4.20. The van der Waals surface area contributed by atoms with Gasteiger partial charge in [-0.3, -0.25) is 14.9 Å². The molecule has 0 saturated heterocycles. The van der Waals surface area contributed by atoms with E-state index in [1.807, 2.05) is 0 Å². The third-order valence-electron chi connectivity index (χ3n) is 2.38. The fraction of sp³-hybridized carbons (Fsp3) is 0.222. The molecule has 4 N–H and O–H groups in total. The predicted molar refractivity (Wildman–Crippen MR) is 55.5 cm³/mol. The predicted octanol–water partition coefficient (Wildman–Crippen LogP) is 0.893. The Kier molecular flexibility index (Phi) is 2.61. The minimum Gasteiger partial charge on any atom is -0.398 e. The van der Waals surface area contributed by atoms with Crippen molar-refractivity contribution in [3.63, 3.8) is 0 Å². The minimum absolute atomic E-state index is 0.00944. The molecule has 1 amide bonds. The Bertz CT molecular complexity index is 416. The van der Waals surface area contributed by atoms with Crippen molar-refractivity contribution in [2.45, 2.75) is 13.8 Å². The Morgan fingerprint density at radius 3 is 2.33 bits per heavy atom. The molecule has 1 aromatic carbocycles. The van der Waals surface area contributed by atoms with E-state index >= 15 is 0 Å². The number of nitrogens with zero attached hydrogens (tertiary/aromatic N) is 1. The van der Waals surface area contributed by atoms with E-state index < -0.39 is 10.8 Å². The lowest BCUT2D eigenvalue weighted by Gasteiger charge is -2.08. The molecule has 0 aliphatic carbocycles. The largest absolute Gasteiger partial charge is 0.398 e. The summed E-state index contributed by atoms with van der Waals surface area (Å²) in [6.07, 6.45) is 0. The summed E-state index contributed by atoms with van der Waals surface area (Å²) < 4.78 is 0. The summed E-state index contributed by atoms with van der Waals surface area (Å²) in [7, 11) is 0. The van der Waals surface area contributed by atoms with Gasteiger partial charge in [-0.05, 0) is 19.4 Å². The van der Waals surface area contributed by atoms with Gasteiger partial charge in [0.15, 0.2) is 0 Å². The van der Waals surface area contributed by atoms with Gasteiger partial charge in [0, 0.05) is 17.3 Å². The summed E-state index contributed by atoms with van der Waals surface area (Å²) in [5, 5.41) is 10.7. The second kappa shape index (κ2) is 3.56. The maximum absolute atomic E-state index is 11.0.